The maximum Gasteiger partial charge on any atom is 0.249 e. The number of aliphatic hydroxyl groups excluding tert-OH is 6. The van der Waals surface area contributed by atoms with Crippen LogP contribution in [0.3, 0.4) is 0 Å². The molecule has 0 aromatic carbocycles. The van der Waals surface area contributed by atoms with E-state index in [0.717, 1.165) is 32.1 Å². The monoisotopic (exact) mass is 742 g/mol. The summed E-state index contributed by atoms with van der Waals surface area (Å²) in [6.07, 6.45) is 27.0. The van der Waals surface area contributed by atoms with Crippen LogP contribution in [0.4, 0.5) is 0 Å². The lowest BCUT2D eigenvalue weighted by Crippen LogP contribution is -2.60. The summed E-state index contributed by atoms with van der Waals surface area (Å²) in [5.41, 5.74) is 0. The molecule has 0 aromatic heterocycles. The number of hydrogen-bond donors (Lipinski definition) is 7. The van der Waals surface area contributed by atoms with E-state index in [1.807, 2.05) is 6.08 Å². The molecule has 1 fully saturated rings. The van der Waals surface area contributed by atoms with Crippen LogP contribution < -0.4 is 5.32 Å². The summed E-state index contributed by atoms with van der Waals surface area (Å²) in [5.74, 6) is -0.627. The molecule has 1 amide bonds. The molecule has 1 heterocycles. The number of ether oxygens (including phenoxy) is 2. The van der Waals surface area contributed by atoms with Crippen molar-refractivity contribution < 1.29 is 44.9 Å². The molecule has 8 unspecified atom stereocenters. The molecule has 0 radical (unpaired) electrons. The quantitative estimate of drug-likeness (QED) is 0.0274. The van der Waals surface area contributed by atoms with Gasteiger partial charge in [-0.3, -0.25) is 4.79 Å². The van der Waals surface area contributed by atoms with Crippen molar-refractivity contribution in [1.29, 1.82) is 0 Å². The number of amides is 1. The minimum absolute atomic E-state index is 0.307. The van der Waals surface area contributed by atoms with Crippen LogP contribution >= 0.6 is 0 Å². The van der Waals surface area contributed by atoms with Crippen molar-refractivity contribution >= 4 is 5.91 Å². The van der Waals surface area contributed by atoms with Gasteiger partial charge >= 0.3 is 0 Å². The van der Waals surface area contributed by atoms with Gasteiger partial charge in [-0.2, -0.15) is 0 Å². The highest BCUT2D eigenvalue weighted by atomic mass is 16.7. The molecule has 0 spiro atoms. The molecule has 8 atom stereocenters. The molecular weight excluding hydrogens is 662 g/mol. The maximum absolute atomic E-state index is 13.0. The summed E-state index contributed by atoms with van der Waals surface area (Å²) in [7, 11) is 0. The van der Waals surface area contributed by atoms with Gasteiger partial charge in [0.05, 0.1) is 25.4 Å². The van der Waals surface area contributed by atoms with E-state index in [9.17, 15) is 35.4 Å². The first kappa shape index (κ1) is 48.6. The van der Waals surface area contributed by atoms with E-state index < -0.39 is 61.5 Å². The van der Waals surface area contributed by atoms with Crippen LogP contribution in [0, 0.1) is 0 Å². The van der Waals surface area contributed by atoms with Gasteiger partial charge in [-0.1, -0.05) is 167 Å². The summed E-state index contributed by atoms with van der Waals surface area (Å²) in [5, 5.41) is 64.4. The lowest BCUT2D eigenvalue weighted by atomic mass is 9.99. The minimum Gasteiger partial charge on any atom is -0.394 e. The Balaban J connectivity index is 2.48. The van der Waals surface area contributed by atoms with Gasteiger partial charge < -0.3 is 45.4 Å². The average molecular weight is 742 g/mol. The van der Waals surface area contributed by atoms with E-state index in [0.29, 0.717) is 19.3 Å². The van der Waals surface area contributed by atoms with Gasteiger partial charge in [-0.05, 0) is 32.1 Å². The van der Waals surface area contributed by atoms with Crippen molar-refractivity contribution in [2.24, 2.45) is 0 Å². The third-order valence-electron chi connectivity index (χ3n) is 10.1. The van der Waals surface area contributed by atoms with Crippen molar-refractivity contribution in [3.8, 4) is 0 Å². The van der Waals surface area contributed by atoms with E-state index in [2.05, 4.69) is 31.3 Å². The average Bonchev–Trinajstić information content (AvgIpc) is 3.14. The Morgan fingerprint density at radius 2 is 1.13 bits per heavy atom. The Bertz CT molecular complexity index is 886. The van der Waals surface area contributed by atoms with Crippen LogP contribution in [0.1, 0.15) is 174 Å². The zero-order valence-electron chi connectivity index (χ0n) is 32.9. The number of carbonyl (C=O) groups excluding carboxylic acids is 1. The number of unbranched alkanes of at least 4 members (excludes halogenated alkanes) is 21. The van der Waals surface area contributed by atoms with Gasteiger partial charge in [0, 0.05) is 0 Å². The van der Waals surface area contributed by atoms with Crippen molar-refractivity contribution in [2.45, 2.75) is 223 Å². The molecule has 0 saturated carbocycles. The first-order valence-electron chi connectivity index (χ1n) is 21.2. The van der Waals surface area contributed by atoms with E-state index in [-0.39, 0.29) is 6.61 Å². The lowest BCUT2D eigenvalue weighted by Gasteiger charge is -2.40. The fraction of sp³-hybridized carbons (Fsp3) is 0.881. The fourth-order valence-corrected chi connectivity index (χ4v) is 6.59. The van der Waals surface area contributed by atoms with Crippen molar-refractivity contribution in [2.75, 3.05) is 13.2 Å². The normalized spacial score (nSPS) is 22.7. The standard InChI is InChI=1S/C42H79NO9/c1-3-5-7-9-11-13-15-17-18-19-21-23-25-27-29-31-36(46)41(50)43-34(33-51-42-40(49)39(48)38(47)37(32-44)52-42)35(45)30-28-26-24-22-20-16-14-12-10-8-6-4-2/h20,22,28,30,34-40,42,44-49H,3-19,21,23-27,29,31-33H2,1-2H3,(H,43,50)/b22-20+,30-28+. The zero-order valence-corrected chi connectivity index (χ0v) is 32.9. The summed E-state index contributed by atoms with van der Waals surface area (Å²) in [4.78, 5) is 13.0. The number of carbonyl (C=O) groups is 1. The molecule has 10 nitrogen and oxygen atoms in total. The van der Waals surface area contributed by atoms with Crippen LogP contribution in [0.5, 0.6) is 0 Å². The SMILES string of the molecule is CCCCCCCC/C=C/CC/C=C/C(O)C(COC1OC(CO)C(O)C(O)C1O)NC(=O)C(O)CCCCCCCCCCCCCCCCC. The van der Waals surface area contributed by atoms with Crippen LogP contribution in [0.15, 0.2) is 24.3 Å². The van der Waals surface area contributed by atoms with E-state index in [1.165, 1.54) is 109 Å². The molecule has 0 bridgehead atoms. The molecule has 1 saturated heterocycles. The van der Waals surface area contributed by atoms with E-state index in [4.69, 9.17) is 9.47 Å². The molecule has 10 heteroatoms. The Morgan fingerprint density at radius 3 is 1.67 bits per heavy atom. The first-order chi connectivity index (χ1) is 25.3. The highest BCUT2D eigenvalue weighted by molar-refractivity contribution is 5.80. The van der Waals surface area contributed by atoms with Crippen LogP contribution in [-0.2, 0) is 14.3 Å². The largest absolute Gasteiger partial charge is 0.394 e. The third kappa shape index (κ3) is 23.4. The molecule has 52 heavy (non-hydrogen) atoms. The predicted molar refractivity (Wildman–Crippen MR) is 209 cm³/mol. The first-order valence-corrected chi connectivity index (χ1v) is 21.2. The topological polar surface area (TPSA) is 169 Å². The highest BCUT2D eigenvalue weighted by Gasteiger charge is 2.44. The van der Waals surface area contributed by atoms with Gasteiger partial charge in [0.1, 0.15) is 30.5 Å². The maximum atomic E-state index is 13.0. The Kier molecular flexibility index (Phi) is 30.9. The lowest BCUT2D eigenvalue weighted by molar-refractivity contribution is -0.302. The molecule has 0 aliphatic carbocycles. The van der Waals surface area contributed by atoms with Gasteiger partial charge in [-0.15, -0.1) is 0 Å². The number of allylic oxidation sites excluding steroid dienone is 3. The summed E-state index contributed by atoms with van der Waals surface area (Å²) >= 11 is 0. The molecular formula is C42H79NO9. The second kappa shape index (κ2) is 33.0. The van der Waals surface area contributed by atoms with Crippen molar-refractivity contribution in [3.63, 3.8) is 0 Å². The second-order valence-electron chi connectivity index (χ2n) is 14.9. The smallest absolute Gasteiger partial charge is 0.249 e. The van der Waals surface area contributed by atoms with Crippen LogP contribution in [0.2, 0.25) is 0 Å². The third-order valence-corrected chi connectivity index (χ3v) is 10.1. The Hall–Kier alpha value is -1.37. The number of hydrogen-bond acceptors (Lipinski definition) is 9. The van der Waals surface area contributed by atoms with Crippen LogP contribution in [-0.4, -0.2) is 98.7 Å². The Morgan fingerprint density at radius 1 is 0.654 bits per heavy atom. The van der Waals surface area contributed by atoms with Crippen LogP contribution in [0.25, 0.3) is 0 Å². The Labute approximate surface area is 316 Å². The number of nitrogens with one attached hydrogen (secondary N) is 1. The summed E-state index contributed by atoms with van der Waals surface area (Å²) < 4.78 is 11.1. The highest BCUT2D eigenvalue weighted by Crippen LogP contribution is 2.22. The van der Waals surface area contributed by atoms with E-state index >= 15 is 0 Å². The molecule has 0 aromatic rings. The van der Waals surface area contributed by atoms with Gasteiger partial charge in [0.15, 0.2) is 6.29 Å². The summed E-state index contributed by atoms with van der Waals surface area (Å²) in [6, 6.07) is -0.991. The molecule has 1 aliphatic heterocycles. The van der Waals surface area contributed by atoms with E-state index in [1.54, 1.807) is 6.08 Å². The van der Waals surface area contributed by atoms with Gasteiger partial charge in [0.2, 0.25) is 5.91 Å². The predicted octanol–water partition coefficient (Wildman–Crippen LogP) is 6.91. The minimum atomic E-state index is -1.61. The van der Waals surface area contributed by atoms with Crippen molar-refractivity contribution in [1.82, 2.24) is 5.32 Å². The number of aliphatic hydroxyl groups is 6. The fourth-order valence-electron chi connectivity index (χ4n) is 6.59. The molecule has 306 valence electrons. The summed E-state index contributed by atoms with van der Waals surface area (Å²) in [6.45, 7) is 3.55. The number of rotatable bonds is 34. The zero-order chi connectivity index (χ0) is 38.2. The molecule has 1 rings (SSSR count). The molecule has 1 aliphatic rings. The second-order valence-corrected chi connectivity index (χ2v) is 14.9. The molecule has 7 N–H and O–H groups in total. The van der Waals surface area contributed by atoms with Gasteiger partial charge in [0.25, 0.3) is 0 Å². The van der Waals surface area contributed by atoms with Gasteiger partial charge in [-0.25, -0.2) is 0 Å². The van der Waals surface area contributed by atoms with Crippen molar-refractivity contribution in [3.05, 3.63) is 24.3 Å².